The average Bonchev–Trinajstić information content (AvgIpc) is 3.32. The van der Waals surface area contributed by atoms with Gasteiger partial charge in [0, 0.05) is 10.7 Å². The van der Waals surface area contributed by atoms with E-state index < -0.39 is 0 Å². The lowest BCUT2D eigenvalue weighted by atomic mass is 10.2. The van der Waals surface area contributed by atoms with Crippen molar-refractivity contribution in [3.05, 3.63) is 52.1 Å². The number of amides is 1. The highest BCUT2D eigenvalue weighted by Crippen LogP contribution is 2.26. The molecule has 1 aromatic carbocycles. The molecule has 7 nitrogen and oxygen atoms in total. The summed E-state index contributed by atoms with van der Waals surface area (Å²) in [4.78, 5) is 13.6. The first-order chi connectivity index (χ1) is 13.9. The standard InChI is InChI=1S/C19H19ClN6OS2/c1-12(25(2)3)17-23-24-19(26(17)15-6-4-14(20)5-7-15)29-11-16(27)22-18-13(10-21)8-9-28-18/h4-9,12H,11H2,1-3H3,(H,22,27)/p+1/t12-/m1/s1. The Morgan fingerprint density at radius 1 is 1.34 bits per heavy atom. The van der Waals surface area contributed by atoms with Crippen LogP contribution in [0, 0.1) is 11.3 Å². The number of anilines is 1. The largest absolute Gasteiger partial charge is 0.331 e. The van der Waals surface area contributed by atoms with Gasteiger partial charge in [0.25, 0.3) is 0 Å². The van der Waals surface area contributed by atoms with Crippen molar-refractivity contribution in [1.82, 2.24) is 14.8 Å². The number of quaternary nitrogens is 1. The zero-order valence-electron chi connectivity index (χ0n) is 16.1. The van der Waals surface area contributed by atoms with Crippen LogP contribution in [0.4, 0.5) is 5.00 Å². The van der Waals surface area contributed by atoms with Crippen molar-refractivity contribution in [3.8, 4) is 11.8 Å². The van der Waals surface area contributed by atoms with Gasteiger partial charge in [0.2, 0.25) is 5.91 Å². The fourth-order valence-electron chi connectivity index (χ4n) is 2.53. The van der Waals surface area contributed by atoms with Gasteiger partial charge in [-0.05, 0) is 42.6 Å². The van der Waals surface area contributed by atoms with Crippen LogP contribution in [0.2, 0.25) is 5.02 Å². The number of halogens is 1. The molecule has 0 saturated carbocycles. The quantitative estimate of drug-likeness (QED) is 0.544. The normalized spacial score (nSPS) is 12.0. The second-order valence-electron chi connectivity index (χ2n) is 6.56. The van der Waals surface area contributed by atoms with Crippen LogP contribution >= 0.6 is 34.7 Å². The molecule has 1 atom stereocenters. The number of aromatic nitrogens is 3. The van der Waals surface area contributed by atoms with Crippen LogP contribution in [-0.2, 0) is 4.79 Å². The van der Waals surface area contributed by atoms with E-state index in [9.17, 15) is 4.79 Å². The number of carbonyl (C=O) groups is 1. The molecule has 0 aliphatic carbocycles. The summed E-state index contributed by atoms with van der Waals surface area (Å²) >= 11 is 8.66. The minimum atomic E-state index is -0.201. The third kappa shape index (κ3) is 4.97. The number of hydrogen-bond acceptors (Lipinski definition) is 6. The van der Waals surface area contributed by atoms with E-state index in [0.717, 1.165) is 11.5 Å². The second kappa shape index (κ2) is 9.41. The summed E-state index contributed by atoms with van der Waals surface area (Å²) in [5.74, 6) is 0.755. The summed E-state index contributed by atoms with van der Waals surface area (Å²) < 4.78 is 1.96. The molecule has 0 fully saturated rings. The van der Waals surface area contributed by atoms with Crippen molar-refractivity contribution in [2.75, 3.05) is 25.2 Å². The lowest BCUT2D eigenvalue weighted by Crippen LogP contribution is -3.05. The van der Waals surface area contributed by atoms with Crippen LogP contribution in [0.5, 0.6) is 0 Å². The van der Waals surface area contributed by atoms with Gasteiger partial charge >= 0.3 is 0 Å². The molecule has 0 spiro atoms. The number of hydrogen-bond donors (Lipinski definition) is 2. The molecule has 2 heterocycles. The fourth-order valence-corrected chi connectivity index (χ4v) is 4.17. The molecule has 10 heteroatoms. The zero-order valence-corrected chi connectivity index (χ0v) is 18.5. The Morgan fingerprint density at radius 2 is 2.07 bits per heavy atom. The molecule has 2 aromatic heterocycles. The van der Waals surface area contributed by atoms with E-state index in [1.54, 1.807) is 11.4 Å². The Kier molecular flexibility index (Phi) is 6.92. The lowest BCUT2D eigenvalue weighted by molar-refractivity contribution is -0.890. The van der Waals surface area contributed by atoms with E-state index in [-0.39, 0.29) is 17.7 Å². The number of nitrogens with one attached hydrogen (secondary N) is 2. The van der Waals surface area contributed by atoms with Crippen molar-refractivity contribution < 1.29 is 9.69 Å². The third-order valence-corrected chi connectivity index (χ3v) is 6.38. The average molecular weight is 448 g/mol. The number of rotatable bonds is 7. The van der Waals surface area contributed by atoms with Crippen LogP contribution in [0.3, 0.4) is 0 Å². The fraction of sp³-hybridized carbons (Fsp3) is 0.263. The monoisotopic (exact) mass is 447 g/mol. The third-order valence-electron chi connectivity index (χ3n) is 4.37. The lowest BCUT2D eigenvalue weighted by Gasteiger charge is -2.18. The number of thiophene rings is 1. The number of thioether (sulfide) groups is 1. The Labute approximate surface area is 182 Å². The summed E-state index contributed by atoms with van der Waals surface area (Å²) in [5, 5.41) is 24.2. The van der Waals surface area contributed by atoms with Crippen LogP contribution < -0.4 is 10.2 Å². The molecule has 0 aliphatic rings. The predicted molar refractivity (Wildman–Crippen MR) is 116 cm³/mol. The maximum absolute atomic E-state index is 12.4. The molecule has 3 rings (SSSR count). The van der Waals surface area contributed by atoms with Crippen molar-refractivity contribution in [2.24, 2.45) is 0 Å². The topological polar surface area (TPSA) is 88.0 Å². The highest BCUT2D eigenvalue weighted by atomic mass is 35.5. The first kappa shape index (κ1) is 21.3. The second-order valence-corrected chi connectivity index (χ2v) is 8.86. The van der Waals surface area contributed by atoms with Crippen molar-refractivity contribution in [1.29, 1.82) is 5.26 Å². The number of carbonyl (C=O) groups excluding carboxylic acids is 1. The van der Waals surface area contributed by atoms with Gasteiger partial charge in [0.05, 0.1) is 25.4 Å². The van der Waals surface area contributed by atoms with Crippen molar-refractivity contribution >= 4 is 45.6 Å². The van der Waals surface area contributed by atoms with Gasteiger partial charge in [-0.15, -0.1) is 21.5 Å². The Balaban J connectivity index is 1.82. The molecule has 29 heavy (non-hydrogen) atoms. The highest BCUT2D eigenvalue weighted by Gasteiger charge is 2.24. The maximum atomic E-state index is 12.4. The van der Waals surface area contributed by atoms with E-state index in [1.807, 2.05) is 28.8 Å². The van der Waals surface area contributed by atoms with Crippen LogP contribution in [-0.4, -0.2) is 40.5 Å². The minimum absolute atomic E-state index is 0.102. The van der Waals surface area contributed by atoms with Crippen molar-refractivity contribution in [3.63, 3.8) is 0 Å². The van der Waals surface area contributed by atoms with Crippen molar-refractivity contribution in [2.45, 2.75) is 18.1 Å². The smallest absolute Gasteiger partial charge is 0.235 e. The first-order valence-electron chi connectivity index (χ1n) is 8.82. The highest BCUT2D eigenvalue weighted by molar-refractivity contribution is 7.99. The van der Waals surface area contributed by atoms with Gasteiger partial charge in [-0.1, -0.05) is 23.4 Å². The summed E-state index contributed by atoms with van der Waals surface area (Å²) in [6, 6.07) is 11.3. The van der Waals surface area contributed by atoms with Gasteiger partial charge < -0.3 is 10.2 Å². The van der Waals surface area contributed by atoms with E-state index in [4.69, 9.17) is 16.9 Å². The molecule has 1 amide bonds. The molecule has 0 saturated heterocycles. The van der Waals surface area contributed by atoms with Gasteiger partial charge in [0.1, 0.15) is 17.1 Å². The summed E-state index contributed by atoms with van der Waals surface area (Å²) in [7, 11) is 4.11. The van der Waals surface area contributed by atoms with Gasteiger partial charge in [-0.2, -0.15) is 5.26 Å². The van der Waals surface area contributed by atoms with Crippen LogP contribution in [0.1, 0.15) is 24.4 Å². The predicted octanol–water partition coefficient (Wildman–Crippen LogP) is 2.79. The van der Waals surface area contributed by atoms with E-state index in [2.05, 4.69) is 42.6 Å². The molecule has 0 aliphatic heterocycles. The minimum Gasteiger partial charge on any atom is -0.331 e. The molecule has 0 radical (unpaired) electrons. The zero-order chi connectivity index (χ0) is 21.0. The summed E-state index contributed by atoms with van der Waals surface area (Å²) in [5.41, 5.74) is 1.35. The van der Waals surface area contributed by atoms with E-state index >= 15 is 0 Å². The van der Waals surface area contributed by atoms with Crippen LogP contribution in [0.25, 0.3) is 5.69 Å². The summed E-state index contributed by atoms with van der Waals surface area (Å²) in [6.07, 6.45) is 0. The molecular formula is C19H20ClN6OS2+. The molecule has 2 N–H and O–H groups in total. The molecular weight excluding hydrogens is 428 g/mol. The SMILES string of the molecule is C[C@H](c1nnc(SCC(=O)Nc2sccc2C#N)n1-c1ccc(Cl)cc1)[NH+](C)C. The van der Waals surface area contributed by atoms with Crippen LogP contribution in [0.15, 0.2) is 40.9 Å². The molecule has 0 bridgehead atoms. The number of benzene rings is 1. The first-order valence-corrected chi connectivity index (χ1v) is 11.1. The molecule has 3 aromatic rings. The van der Waals surface area contributed by atoms with Gasteiger partial charge in [0.15, 0.2) is 11.0 Å². The molecule has 150 valence electrons. The van der Waals surface area contributed by atoms with Gasteiger partial charge in [-0.3, -0.25) is 9.36 Å². The Morgan fingerprint density at radius 3 is 2.72 bits per heavy atom. The van der Waals surface area contributed by atoms with E-state index in [1.165, 1.54) is 28.0 Å². The maximum Gasteiger partial charge on any atom is 0.235 e. The number of nitrogens with zero attached hydrogens (tertiary/aromatic N) is 4. The Hall–Kier alpha value is -2.38. The number of nitriles is 1. The Bertz CT molecular complexity index is 1040. The summed E-state index contributed by atoms with van der Waals surface area (Å²) in [6.45, 7) is 2.08. The molecule has 0 unspecified atom stereocenters. The van der Waals surface area contributed by atoms with E-state index in [0.29, 0.717) is 20.7 Å². The van der Waals surface area contributed by atoms with Gasteiger partial charge in [-0.25, -0.2) is 0 Å².